The summed E-state index contributed by atoms with van der Waals surface area (Å²) in [6, 6.07) is 5.91. The van der Waals surface area contributed by atoms with Crippen molar-refractivity contribution in [2.24, 2.45) is 5.73 Å². The molecule has 3 aromatic heterocycles. The summed E-state index contributed by atoms with van der Waals surface area (Å²) in [5.74, 6) is -0.474. The highest BCUT2D eigenvalue weighted by Gasteiger charge is 2.08. The molecule has 0 aliphatic rings. The summed E-state index contributed by atoms with van der Waals surface area (Å²) >= 11 is 1.22. The van der Waals surface area contributed by atoms with Crippen molar-refractivity contribution in [3.05, 3.63) is 54.2 Å². The van der Waals surface area contributed by atoms with Gasteiger partial charge in [0, 0.05) is 36.2 Å². The maximum Gasteiger partial charge on any atom is 0.260 e. The Bertz CT molecular complexity index is 1020. The Morgan fingerprint density at radius 2 is 2.24 bits per heavy atom. The SMILES string of the molecule is NC(=O)c1cnc(Nc2ccc3cn(CCn4ccnc4)nc3c2)s1. The van der Waals surface area contributed by atoms with Crippen LogP contribution in [0.25, 0.3) is 10.9 Å². The number of carbonyl (C=O) groups excluding carboxylic acids is 1. The molecule has 25 heavy (non-hydrogen) atoms. The molecule has 4 aromatic rings. The van der Waals surface area contributed by atoms with Crippen molar-refractivity contribution in [1.82, 2.24) is 24.3 Å². The highest BCUT2D eigenvalue weighted by Crippen LogP contribution is 2.24. The van der Waals surface area contributed by atoms with Gasteiger partial charge in [-0.15, -0.1) is 0 Å². The molecule has 0 atom stereocenters. The number of hydrogen-bond donors (Lipinski definition) is 2. The quantitative estimate of drug-likeness (QED) is 0.553. The summed E-state index contributed by atoms with van der Waals surface area (Å²) in [7, 11) is 0. The second-order valence-corrected chi connectivity index (χ2v) is 6.52. The second kappa shape index (κ2) is 6.36. The Hall–Kier alpha value is -3.20. The maximum absolute atomic E-state index is 11.1. The molecule has 0 unspecified atom stereocenters. The molecule has 0 radical (unpaired) electrons. The number of imidazole rings is 1. The summed E-state index contributed by atoms with van der Waals surface area (Å²) in [4.78, 5) is 19.7. The molecule has 3 N–H and O–H groups in total. The molecule has 126 valence electrons. The predicted molar refractivity (Wildman–Crippen MR) is 95.9 cm³/mol. The highest BCUT2D eigenvalue weighted by atomic mass is 32.1. The van der Waals surface area contributed by atoms with Gasteiger partial charge in [-0.1, -0.05) is 11.3 Å². The van der Waals surface area contributed by atoms with Gasteiger partial charge in [0.15, 0.2) is 5.13 Å². The van der Waals surface area contributed by atoms with Crippen molar-refractivity contribution in [2.75, 3.05) is 5.32 Å². The number of thiazole rings is 1. The highest BCUT2D eigenvalue weighted by molar-refractivity contribution is 7.17. The molecule has 0 fully saturated rings. The van der Waals surface area contributed by atoms with E-state index >= 15 is 0 Å². The Labute approximate surface area is 146 Å². The van der Waals surface area contributed by atoms with Crippen LogP contribution in [0.2, 0.25) is 0 Å². The van der Waals surface area contributed by atoms with Crippen LogP contribution in [0.1, 0.15) is 9.67 Å². The average Bonchev–Trinajstić information content (AvgIpc) is 3.33. The zero-order valence-electron chi connectivity index (χ0n) is 13.2. The Kier molecular flexibility index (Phi) is 3.90. The van der Waals surface area contributed by atoms with E-state index in [4.69, 9.17) is 5.73 Å². The number of nitrogens with one attached hydrogen (secondary N) is 1. The van der Waals surface area contributed by atoms with Crippen LogP contribution in [0.4, 0.5) is 10.8 Å². The number of anilines is 2. The van der Waals surface area contributed by atoms with Crippen molar-refractivity contribution >= 4 is 39.0 Å². The van der Waals surface area contributed by atoms with Crippen LogP contribution in [0, 0.1) is 0 Å². The minimum atomic E-state index is -0.474. The molecule has 3 heterocycles. The molecule has 1 aromatic carbocycles. The van der Waals surface area contributed by atoms with Gasteiger partial charge in [0.1, 0.15) is 4.88 Å². The third-order valence-corrected chi connectivity index (χ3v) is 4.63. The minimum absolute atomic E-state index is 0.423. The summed E-state index contributed by atoms with van der Waals surface area (Å²) in [5, 5.41) is 9.45. The molecule has 4 rings (SSSR count). The Morgan fingerprint density at radius 1 is 1.32 bits per heavy atom. The van der Waals surface area contributed by atoms with E-state index in [1.54, 1.807) is 12.5 Å². The van der Waals surface area contributed by atoms with E-state index in [9.17, 15) is 4.79 Å². The first-order chi connectivity index (χ1) is 12.2. The third kappa shape index (κ3) is 3.36. The molecule has 8 nitrogen and oxygen atoms in total. The zero-order valence-corrected chi connectivity index (χ0v) is 14.0. The van der Waals surface area contributed by atoms with Crippen molar-refractivity contribution < 1.29 is 4.79 Å². The lowest BCUT2D eigenvalue weighted by Crippen LogP contribution is -2.08. The molecule has 0 aliphatic heterocycles. The lowest BCUT2D eigenvalue weighted by atomic mass is 10.2. The first-order valence-electron chi connectivity index (χ1n) is 7.63. The Morgan fingerprint density at radius 3 is 3.00 bits per heavy atom. The fourth-order valence-corrected chi connectivity index (χ4v) is 3.15. The van der Waals surface area contributed by atoms with Gasteiger partial charge in [0.2, 0.25) is 0 Å². The fraction of sp³-hybridized carbons (Fsp3) is 0.125. The van der Waals surface area contributed by atoms with Crippen molar-refractivity contribution in [1.29, 1.82) is 0 Å². The van der Waals surface area contributed by atoms with E-state index in [0.29, 0.717) is 10.0 Å². The number of aryl methyl sites for hydroxylation is 2. The summed E-state index contributed by atoms with van der Waals surface area (Å²) in [6.45, 7) is 1.58. The van der Waals surface area contributed by atoms with Gasteiger partial charge in [-0.3, -0.25) is 9.48 Å². The van der Waals surface area contributed by atoms with Crippen LogP contribution >= 0.6 is 11.3 Å². The molecular weight excluding hydrogens is 338 g/mol. The van der Waals surface area contributed by atoms with Crippen LogP contribution in [0.15, 0.2) is 49.3 Å². The molecule has 0 saturated carbocycles. The van der Waals surface area contributed by atoms with Crippen LogP contribution in [0.5, 0.6) is 0 Å². The van der Waals surface area contributed by atoms with E-state index in [2.05, 4.69) is 20.4 Å². The molecule has 0 spiro atoms. The number of aromatic nitrogens is 5. The lowest BCUT2D eigenvalue weighted by Gasteiger charge is -2.02. The van der Waals surface area contributed by atoms with Gasteiger partial charge in [0.05, 0.1) is 24.6 Å². The molecule has 1 amide bonds. The number of nitrogens with two attached hydrogens (primary N) is 1. The smallest absolute Gasteiger partial charge is 0.260 e. The van der Waals surface area contributed by atoms with Crippen molar-refractivity contribution in [3.8, 4) is 0 Å². The van der Waals surface area contributed by atoms with Gasteiger partial charge in [0.25, 0.3) is 5.91 Å². The topological polar surface area (TPSA) is 104 Å². The predicted octanol–water partition coefficient (Wildman–Crippen LogP) is 2.23. The summed E-state index contributed by atoms with van der Waals surface area (Å²) in [6.07, 6.45) is 8.97. The number of carbonyl (C=O) groups is 1. The van der Waals surface area contributed by atoms with Gasteiger partial charge in [-0.05, 0) is 18.2 Å². The minimum Gasteiger partial charge on any atom is -0.365 e. The molecule has 0 aliphatic carbocycles. The van der Waals surface area contributed by atoms with E-state index in [-0.39, 0.29) is 0 Å². The number of rotatable bonds is 6. The Balaban J connectivity index is 1.50. The van der Waals surface area contributed by atoms with Crippen LogP contribution in [0.3, 0.4) is 0 Å². The van der Waals surface area contributed by atoms with E-state index < -0.39 is 5.91 Å². The van der Waals surface area contributed by atoms with Gasteiger partial charge in [-0.2, -0.15) is 5.10 Å². The summed E-state index contributed by atoms with van der Waals surface area (Å²) < 4.78 is 3.93. The van der Waals surface area contributed by atoms with Gasteiger partial charge >= 0.3 is 0 Å². The maximum atomic E-state index is 11.1. The average molecular weight is 353 g/mol. The lowest BCUT2D eigenvalue weighted by molar-refractivity contribution is 0.100. The molecule has 9 heteroatoms. The summed E-state index contributed by atoms with van der Waals surface area (Å²) in [5.41, 5.74) is 7.00. The number of benzene rings is 1. The first-order valence-corrected chi connectivity index (χ1v) is 8.45. The number of fused-ring (bicyclic) bond motifs is 1. The molecule has 0 bridgehead atoms. The first kappa shape index (κ1) is 15.3. The van der Waals surface area contributed by atoms with Crippen LogP contribution < -0.4 is 11.1 Å². The standard InChI is InChI=1S/C16H15N7OS/c17-15(24)14-8-19-16(25-14)20-12-2-1-11-9-23(21-13(11)7-12)6-5-22-4-3-18-10-22/h1-4,7-10H,5-6H2,(H2,17,24)(H,19,20). The van der Waals surface area contributed by atoms with Crippen LogP contribution in [-0.2, 0) is 13.1 Å². The van der Waals surface area contributed by atoms with E-state index in [1.807, 2.05) is 39.8 Å². The number of hydrogen-bond acceptors (Lipinski definition) is 6. The van der Waals surface area contributed by atoms with Crippen LogP contribution in [-0.4, -0.2) is 30.2 Å². The zero-order chi connectivity index (χ0) is 17.2. The number of primary amides is 1. The van der Waals surface area contributed by atoms with Crippen molar-refractivity contribution in [2.45, 2.75) is 13.1 Å². The van der Waals surface area contributed by atoms with E-state index in [0.717, 1.165) is 29.7 Å². The molecular formula is C16H15N7OS. The van der Waals surface area contributed by atoms with Gasteiger partial charge in [-0.25, -0.2) is 9.97 Å². The third-order valence-electron chi connectivity index (χ3n) is 3.70. The number of nitrogens with zero attached hydrogens (tertiary/aromatic N) is 5. The van der Waals surface area contributed by atoms with Crippen molar-refractivity contribution in [3.63, 3.8) is 0 Å². The second-order valence-electron chi connectivity index (χ2n) is 5.49. The molecule has 0 saturated heterocycles. The normalized spacial score (nSPS) is 11.0. The fourth-order valence-electron chi connectivity index (χ4n) is 2.47. The van der Waals surface area contributed by atoms with Gasteiger partial charge < -0.3 is 15.6 Å². The van der Waals surface area contributed by atoms with E-state index in [1.165, 1.54) is 17.5 Å². The number of amides is 1. The monoisotopic (exact) mass is 353 g/mol. The largest absolute Gasteiger partial charge is 0.365 e.